The minimum atomic E-state index is -3.93. The fraction of sp³-hybridized carbons (Fsp3) is 0.594. The van der Waals surface area contributed by atoms with Crippen LogP contribution in [0.15, 0.2) is 59.5 Å². The number of alkyl carbamates (subject to hydrolysis) is 1. The number of hydrogen-bond donors (Lipinski definition) is 2. The Morgan fingerprint density at radius 2 is 1.71 bits per heavy atom. The zero-order valence-corrected chi connectivity index (χ0v) is 26.3. The molecule has 3 rings (SSSR count). The van der Waals surface area contributed by atoms with Gasteiger partial charge in [-0.3, -0.25) is 0 Å². The maximum atomic E-state index is 13.7. The van der Waals surface area contributed by atoms with Crippen molar-refractivity contribution in [2.24, 2.45) is 11.3 Å². The SMILES string of the molecule is CCOCCC1(COC(=O)NC(Cc2ccccc2)C(O)CN(CC(C)C)S(=O)(=O)c2ccc(OC)cc2)CCCC1. The number of nitrogens with one attached hydrogen (secondary N) is 1. The van der Waals surface area contributed by atoms with Crippen LogP contribution in [0.1, 0.15) is 58.4 Å². The van der Waals surface area contributed by atoms with Gasteiger partial charge >= 0.3 is 6.09 Å². The van der Waals surface area contributed by atoms with Crippen LogP contribution in [-0.2, 0) is 25.9 Å². The summed E-state index contributed by atoms with van der Waals surface area (Å²) in [5.41, 5.74) is 0.805. The molecule has 2 unspecified atom stereocenters. The van der Waals surface area contributed by atoms with E-state index in [9.17, 15) is 18.3 Å². The van der Waals surface area contributed by atoms with Crippen molar-refractivity contribution < 1.29 is 32.5 Å². The standard InChI is InChI=1S/C32H48N2O7S/c1-5-40-20-19-32(17-9-10-18-32)24-41-31(36)33-29(21-26-11-7-6-8-12-26)30(35)23-34(22-25(2)3)42(37,38)28-15-13-27(39-4)14-16-28/h6-8,11-16,25,29-30,35H,5,9-10,17-24H2,1-4H3,(H,33,36). The molecule has 1 aliphatic carbocycles. The van der Waals surface area contributed by atoms with Crippen molar-refractivity contribution in [3.8, 4) is 5.75 Å². The molecule has 2 aromatic rings. The molecule has 42 heavy (non-hydrogen) atoms. The monoisotopic (exact) mass is 604 g/mol. The van der Waals surface area contributed by atoms with E-state index in [-0.39, 0.29) is 35.9 Å². The van der Waals surface area contributed by atoms with Gasteiger partial charge in [-0.1, -0.05) is 57.0 Å². The number of nitrogens with zero attached hydrogens (tertiary/aromatic N) is 1. The minimum absolute atomic E-state index is 0.00927. The summed E-state index contributed by atoms with van der Waals surface area (Å²) in [6, 6.07) is 14.9. The van der Waals surface area contributed by atoms with E-state index in [0.717, 1.165) is 37.7 Å². The van der Waals surface area contributed by atoms with Crippen LogP contribution >= 0.6 is 0 Å². The number of carbonyl (C=O) groups excluding carboxylic acids is 1. The van der Waals surface area contributed by atoms with Gasteiger partial charge in [0.05, 0.1) is 30.8 Å². The number of carbonyl (C=O) groups is 1. The van der Waals surface area contributed by atoms with E-state index in [2.05, 4.69) is 5.32 Å². The van der Waals surface area contributed by atoms with Crippen LogP contribution in [0.5, 0.6) is 5.75 Å². The second-order valence-electron chi connectivity index (χ2n) is 11.6. The van der Waals surface area contributed by atoms with Gasteiger partial charge in [0, 0.05) is 31.7 Å². The van der Waals surface area contributed by atoms with E-state index in [1.165, 1.54) is 23.5 Å². The van der Waals surface area contributed by atoms with E-state index in [1.807, 2.05) is 51.1 Å². The minimum Gasteiger partial charge on any atom is -0.497 e. The normalized spacial score (nSPS) is 16.4. The Kier molecular flexibility index (Phi) is 13.1. The molecule has 2 atom stereocenters. The molecular formula is C32H48N2O7S. The molecule has 1 saturated carbocycles. The Labute approximate surface area is 251 Å². The van der Waals surface area contributed by atoms with Crippen LogP contribution in [0.4, 0.5) is 4.79 Å². The number of aliphatic hydroxyl groups excluding tert-OH is 1. The van der Waals surface area contributed by atoms with Crippen LogP contribution in [-0.4, -0.2) is 76.1 Å². The number of hydrogen-bond acceptors (Lipinski definition) is 7. The molecule has 2 N–H and O–H groups in total. The summed E-state index contributed by atoms with van der Waals surface area (Å²) in [4.78, 5) is 13.2. The molecule has 0 heterocycles. The molecule has 0 aliphatic heterocycles. The molecular weight excluding hydrogens is 556 g/mol. The average Bonchev–Trinajstić information content (AvgIpc) is 3.45. The summed E-state index contributed by atoms with van der Waals surface area (Å²) in [6.07, 6.45) is 3.49. The van der Waals surface area contributed by atoms with Crippen molar-refractivity contribution in [1.29, 1.82) is 0 Å². The quantitative estimate of drug-likeness (QED) is 0.244. The summed E-state index contributed by atoms with van der Waals surface area (Å²) >= 11 is 0. The van der Waals surface area contributed by atoms with Crippen LogP contribution in [0, 0.1) is 11.3 Å². The first-order chi connectivity index (χ1) is 20.1. The lowest BCUT2D eigenvalue weighted by atomic mass is 9.84. The molecule has 0 radical (unpaired) electrons. The molecule has 1 aliphatic rings. The number of ether oxygens (including phenoxy) is 3. The number of sulfonamides is 1. The van der Waals surface area contributed by atoms with Crippen molar-refractivity contribution in [3.63, 3.8) is 0 Å². The van der Waals surface area contributed by atoms with Gasteiger partial charge in [0.1, 0.15) is 5.75 Å². The molecule has 9 nitrogen and oxygen atoms in total. The van der Waals surface area contributed by atoms with Crippen LogP contribution < -0.4 is 10.1 Å². The molecule has 0 saturated heterocycles. The van der Waals surface area contributed by atoms with E-state index in [1.54, 1.807) is 12.1 Å². The largest absolute Gasteiger partial charge is 0.497 e. The van der Waals surface area contributed by atoms with E-state index in [4.69, 9.17) is 14.2 Å². The van der Waals surface area contributed by atoms with Crippen molar-refractivity contribution >= 4 is 16.1 Å². The van der Waals surface area contributed by atoms with Gasteiger partial charge in [-0.2, -0.15) is 4.31 Å². The van der Waals surface area contributed by atoms with Crippen molar-refractivity contribution in [1.82, 2.24) is 9.62 Å². The molecule has 1 fully saturated rings. The first-order valence-electron chi connectivity index (χ1n) is 15.0. The Balaban J connectivity index is 1.76. The second kappa shape index (κ2) is 16.3. The highest BCUT2D eigenvalue weighted by Crippen LogP contribution is 2.41. The van der Waals surface area contributed by atoms with E-state index in [0.29, 0.717) is 25.4 Å². The van der Waals surface area contributed by atoms with Gasteiger partial charge in [-0.05, 0) is 68.4 Å². The summed E-state index contributed by atoms with van der Waals surface area (Å²) in [6.45, 7) is 7.39. The maximum absolute atomic E-state index is 13.7. The number of benzene rings is 2. The van der Waals surface area contributed by atoms with Gasteiger partial charge in [-0.15, -0.1) is 0 Å². The molecule has 2 aromatic carbocycles. The van der Waals surface area contributed by atoms with Gasteiger partial charge in [-0.25, -0.2) is 13.2 Å². The van der Waals surface area contributed by atoms with Gasteiger partial charge in [0.15, 0.2) is 0 Å². The Morgan fingerprint density at radius 1 is 1.05 bits per heavy atom. The highest BCUT2D eigenvalue weighted by atomic mass is 32.2. The number of aliphatic hydroxyl groups is 1. The fourth-order valence-corrected chi connectivity index (χ4v) is 7.12. The maximum Gasteiger partial charge on any atom is 0.407 e. The number of rotatable bonds is 17. The Bertz CT molecular complexity index is 1180. The predicted octanol–water partition coefficient (Wildman–Crippen LogP) is 5.03. The second-order valence-corrected chi connectivity index (χ2v) is 13.6. The lowest BCUT2D eigenvalue weighted by Gasteiger charge is -2.31. The summed E-state index contributed by atoms with van der Waals surface area (Å²) in [5, 5.41) is 14.3. The molecule has 234 valence electrons. The molecule has 1 amide bonds. The lowest BCUT2D eigenvalue weighted by molar-refractivity contribution is 0.0421. The third kappa shape index (κ3) is 9.97. The molecule has 0 aromatic heterocycles. The van der Waals surface area contributed by atoms with Gasteiger partial charge < -0.3 is 24.6 Å². The van der Waals surface area contributed by atoms with Gasteiger partial charge in [0.25, 0.3) is 0 Å². The third-order valence-electron chi connectivity index (χ3n) is 7.88. The number of methoxy groups -OCH3 is 1. The topological polar surface area (TPSA) is 114 Å². The summed E-state index contributed by atoms with van der Waals surface area (Å²) in [7, 11) is -2.41. The molecule has 0 bridgehead atoms. The van der Waals surface area contributed by atoms with Crippen molar-refractivity contribution in [2.75, 3.05) is 40.0 Å². The molecule has 10 heteroatoms. The number of amides is 1. The first-order valence-corrected chi connectivity index (χ1v) is 16.4. The van der Waals surface area contributed by atoms with E-state index < -0.39 is 28.3 Å². The van der Waals surface area contributed by atoms with Gasteiger partial charge in [0.2, 0.25) is 10.0 Å². The highest BCUT2D eigenvalue weighted by Gasteiger charge is 2.36. The smallest absolute Gasteiger partial charge is 0.407 e. The Morgan fingerprint density at radius 3 is 2.31 bits per heavy atom. The molecule has 0 spiro atoms. The predicted molar refractivity (Wildman–Crippen MR) is 163 cm³/mol. The van der Waals surface area contributed by atoms with Crippen LogP contribution in [0.25, 0.3) is 0 Å². The summed E-state index contributed by atoms with van der Waals surface area (Å²) < 4.78 is 45.1. The zero-order valence-electron chi connectivity index (χ0n) is 25.5. The third-order valence-corrected chi connectivity index (χ3v) is 9.72. The van der Waals surface area contributed by atoms with Crippen LogP contribution in [0.2, 0.25) is 0 Å². The lowest BCUT2D eigenvalue weighted by Crippen LogP contribution is -2.51. The highest BCUT2D eigenvalue weighted by molar-refractivity contribution is 7.89. The average molecular weight is 605 g/mol. The zero-order chi connectivity index (χ0) is 30.6. The Hall–Kier alpha value is -2.66. The van der Waals surface area contributed by atoms with Crippen molar-refractivity contribution in [2.45, 2.75) is 76.3 Å². The fourth-order valence-electron chi connectivity index (χ4n) is 5.50. The van der Waals surface area contributed by atoms with Crippen LogP contribution in [0.3, 0.4) is 0 Å². The van der Waals surface area contributed by atoms with Crippen molar-refractivity contribution in [3.05, 3.63) is 60.2 Å². The first kappa shape index (κ1) is 33.8. The summed E-state index contributed by atoms with van der Waals surface area (Å²) in [5.74, 6) is 0.558. The van der Waals surface area contributed by atoms with E-state index >= 15 is 0 Å².